The van der Waals surface area contributed by atoms with Gasteiger partial charge in [-0.3, -0.25) is 5.10 Å². The summed E-state index contributed by atoms with van der Waals surface area (Å²) < 4.78 is 18.0. The third-order valence-electron chi connectivity index (χ3n) is 1.62. The van der Waals surface area contributed by atoms with Crippen LogP contribution in [0.2, 0.25) is 5.22 Å². The lowest BCUT2D eigenvalue weighted by Crippen LogP contribution is -1.87. The van der Waals surface area contributed by atoms with Gasteiger partial charge in [0.15, 0.2) is 11.6 Å². The lowest BCUT2D eigenvalue weighted by atomic mass is 10.2. The van der Waals surface area contributed by atoms with E-state index >= 15 is 0 Å². The van der Waals surface area contributed by atoms with Crippen LogP contribution in [0, 0.1) is 5.82 Å². The largest absolute Gasteiger partial charge is 0.452 e. The van der Waals surface area contributed by atoms with Crippen LogP contribution in [0.15, 0.2) is 16.7 Å². The maximum atomic E-state index is 13.2. The van der Waals surface area contributed by atoms with Gasteiger partial charge >= 0.3 is 0 Å². The third-order valence-corrected chi connectivity index (χ3v) is 1.91. The Hall–Kier alpha value is -1.49. The van der Waals surface area contributed by atoms with E-state index in [1.54, 1.807) is 0 Å². The number of anilines is 1. The van der Waals surface area contributed by atoms with Crippen LogP contribution in [0.5, 0.6) is 0 Å². The molecule has 0 spiro atoms. The smallest absolute Gasteiger partial charge is 0.202 e. The molecule has 13 heavy (non-hydrogen) atoms. The molecule has 0 atom stereocenters. The van der Waals surface area contributed by atoms with Crippen LogP contribution < -0.4 is 5.73 Å². The molecule has 0 bridgehead atoms. The molecular weight excluding hydrogens is 197 g/mol. The van der Waals surface area contributed by atoms with E-state index < -0.39 is 5.82 Å². The Morgan fingerprint density at radius 3 is 2.85 bits per heavy atom. The summed E-state index contributed by atoms with van der Waals surface area (Å²) in [6.07, 6.45) is 1.36. The summed E-state index contributed by atoms with van der Waals surface area (Å²) >= 11 is 5.63. The van der Waals surface area contributed by atoms with E-state index in [1.165, 1.54) is 12.3 Å². The van der Waals surface area contributed by atoms with Gasteiger partial charge in [0, 0.05) is 0 Å². The molecule has 0 aliphatic heterocycles. The highest BCUT2D eigenvalue weighted by molar-refractivity contribution is 6.31. The highest BCUT2D eigenvalue weighted by Crippen LogP contribution is 2.30. The zero-order valence-corrected chi connectivity index (χ0v) is 7.10. The number of nitrogens with zero attached hydrogens (tertiary/aromatic N) is 1. The molecule has 2 rings (SSSR count). The summed E-state index contributed by atoms with van der Waals surface area (Å²) in [5.41, 5.74) is 5.75. The van der Waals surface area contributed by atoms with Gasteiger partial charge in [0.2, 0.25) is 5.22 Å². The SMILES string of the molecule is Nc1n[nH]c(-c2ccoc2Cl)c1F. The van der Waals surface area contributed by atoms with E-state index in [9.17, 15) is 4.39 Å². The van der Waals surface area contributed by atoms with Gasteiger partial charge in [-0.2, -0.15) is 5.10 Å². The number of hydrogen-bond donors (Lipinski definition) is 2. The number of furan rings is 1. The van der Waals surface area contributed by atoms with E-state index in [1.807, 2.05) is 0 Å². The first-order valence-corrected chi connectivity index (χ1v) is 3.80. The van der Waals surface area contributed by atoms with Crippen molar-refractivity contribution in [3.8, 4) is 11.3 Å². The van der Waals surface area contributed by atoms with E-state index in [-0.39, 0.29) is 16.7 Å². The lowest BCUT2D eigenvalue weighted by Gasteiger charge is -1.91. The number of nitrogens with one attached hydrogen (secondary N) is 1. The summed E-state index contributed by atoms with van der Waals surface area (Å²) in [4.78, 5) is 0. The first-order valence-electron chi connectivity index (χ1n) is 3.43. The van der Waals surface area contributed by atoms with E-state index in [0.717, 1.165) is 0 Å². The normalized spacial score (nSPS) is 10.6. The number of H-pyrrole nitrogens is 1. The predicted molar refractivity (Wildman–Crippen MR) is 45.7 cm³/mol. The second kappa shape index (κ2) is 2.77. The number of halogens is 2. The van der Waals surface area contributed by atoms with Crippen molar-refractivity contribution in [3.63, 3.8) is 0 Å². The molecule has 0 aromatic carbocycles. The molecule has 68 valence electrons. The minimum Gasteiger partial charge on any atom is -0.452 e. The molecule has 3 N–H and O–H groups in total. The highest BCUT2D eigenvalue weighted by Gasteiger charge is 2.16. The zero-order valence-electron chi connectivity index (χ0n) is 6.34. The van der Waals surface area contributed by atoms with Crippen LogP contribution in [0.4, 0.5) is 10.2 Å². The first-order chi connectivity index (χ1) is 6.20. The fraction of sp³-hybridized carbons (Fsp3) is 0. The van der Waals surface area contributed by atoms with Crippen LogP contribution in [0.1, 0.15) is 0 Å². The van der Waals surface area contributed by atoms with Crippen molar-refractivity contribution in [1.82, 2.24) is 10.2 Å². The molecule has 0 saturated carbocycles. The number of hydrogen-bond acceptors (Lipinski definition) is 3. The van der Waals surface area contributed by atoms with Gasteiger partial charge in [0.05, 0.1) is 11.8 Å². The van der Waals surface area contributed by atoms with Gasteiger partial charge in [-0.25, -0.2) is 4.39 Å². The number of rotatable bonds is 1. The Kier molecular flexibility index (Phi) is 1.73. The van der Waals surface area contributed by atoms with Crippen molar-refractivity contribution < 1.29 is 8.81 Å². The Morgan fingerprint density at radius 1 is 1.62 bits per heavy atom. The molecule has 0 aliphatic rings. The number of nitrogen functional groups attached to an aromatic ring is 1. The number of aromatic amines is 1. The molecule has 4 nitrogen and oxygen atoms in total. The summed E-state index contributed by atoms with van der Waals surface area (Å²) in [6, 6.07) is 1.53. The molecule has 0 aliphatic carbocycles. The molecule has 0 saturated heterocycles. The number of aromatic nitrogens is 2. The third kappa shape index (κ3) is 1.17. The molecule has 2 aromatic rings. The van der Waals surface area contributed by atoms with Crippen LogP contribution in [-0.2, 0) is 0 Å². The maximum Gasteiger partial charge on any atom is 0.202 e. The van der Waals surface area contributed by atoms with Crippen molar-refractivity contribution in [2.24, 2.45) is 0 Å². The predicted octanol–water partition coefficient (Wildman–Crippen LogP) is 2.04. The Morgan fingerprint density at radius 2 is 2.38 bits per heavy atom. The fourth-order valence-electron chi connectivity index (χ4n) is 0.993. The minimum atomic E-state index is -0.622. The molecule has 0 amide bonds. The lowest BCUT2D eigenvalue weighted by molar-refractivity contribution is 0.569. The monoisotopic (exact) mass is 201 g/mol. The van der Waals surface area contributed by atoms with Crippen LogP contribution in [0.3, 0.4) is 0 Å². The van der Waals surface area contributed by atoms with E-state index in [0.29, 0.717) is 5.56 Å². The second-order valence-electron chi connectivity index (χ2n) is 2.41. The molecule has 0 unspecified atom stereocenters. The zero-order chi connectivity index (χ0) is 9.42. The van der Waals surface area contributed by atoms with Gasteiger partial charge in [-0.15, -0.1) is 0 Å². The number of nitrogens with two attached hydrogens (primary N) is 1. The minimum absolute atomic E-state index is 0.0996. The van der Waals surface area contributed by atoms with Crippen molar-refractivity contribution in [1.29, 1.82) is 0 Å². The van der Waals surface area contributed by atoms with Gasteiger partial charge in [-0.1, -0.05) is 0 Å². The Labute approximate surface area is 77.5 Å². The molecule has 0 radical (unpaired) electrons. The van der Waals surface area contributed by atoms with Crippen molar-refractivity contribution in [2.45, 2.75) is 0 Å². The Balaban J connectivity index is 2.59. The van der Waals surface area contributed by atoms with E-state index in [2.05, 4.69) is 10.2 Å². The molecular formula is C7H5ClFN3O. The average Bonchev–Trinajstić information content (AvgIpc) is 2.62. The molecule has 2 heterocycles. The van der Waals surface area contributed by atoms with Gasteiger partial charge in [0.1, 0.15) is 5.69 Å². The maximum absolute atomic E-state index is 13.2. The highest BCUT2D eigenvalue weighted by atomic mass is 35.5. The fourth-order valence-corrected chi connectivity index (χ4v) is 1.20. The van der Waals surface area contributed by atoms with Crippen molar-refractivity contribution >= 4 is 17.4 Å². The second-order valence-corrected chi connectivity index (χ2v) is 2.75. The molecule has 2 aromatic heterocycles. The molecule has 6 heteroatoms. The summed E-state index contributed by atoms with van der Waals surface area (Å²) in [5.74, 6) is -0.810. The Bertz CT molecular complexity index is 437. The standard InChI is InChI=1S/C7H5ClFN3O/c8-6-3(1-2-13-6)5-4(9)7(10)12-11-5/h1-2H,(H3,10,11,12). The molecule has 0 fully saturated rings. The van der Waals surface area contributed by atoms with Crippen LogP contribution in [0.25, 0.3) is 11.3 Å². The van der Waals surface area contributed by atoms with Crippen LogP contribution in [-0.4, -0.2) is 10.2 Å². The quantitative estimate of drug-likeness (QED) is 0.742. The van der Waals surface area contributed by atoms with Gasteiger partial charge in [-0.05, 0) is 17.7 Å². The van der Waals surface area contributed by atoms with E-state index in [4.69, 9.17) is 21.8 Å². The summed E-state index contributed by atoms with van der Waals surface area (Å²) in [5, 5.41) is 6.01. The van der Waals surface area contributed by atoms with Gasteiger partial charge < -0.3 is 10.2 Å². The van der Waals surface area contributed by atoms with Crippen molar-refractivity contribution in [2.75, 3.05) is 5.73 Å². The van der Waals surface area contributed by atoms with Crippen LogP contribution >= 0.6 is 11.6 Å². The topological polar surface area (TPSA) is 67.8 Å². The first kappa shape index (κ1) is 8.12. The summed E-state index contributed by atoms with van der Waals surface area (Å²) in [7, 11) is 0. The summed E-state index contributed by atoms with van der Waals surface area (Å²) in [6.45, 7) is 0. The average molecular weight is 202 g/mol. The van der Waals surface area contributed by atoms with Crippen molar-refractivity contribution in [3.05, 3.63) is 23.4 Å². The van der Waals surface area contributed by atoms with Gasteiger partial charge in [0.25, 0.3) is 0 Å².